The monoisotopic (exact) mass is 266 g/mol. The lowest BCUT2D eigenvalue weighted by Gasteiger charge is -2.18. The van der Waals surface area contributed by atoms with Gasteiger partial charge in [0.15, 0.2) is 0 Å². The van der Waals surface area contributed by atoms with Gasteiger partial charge in [0, 0.05) is 11.5 Å². The van der Waals surface area contributed by atoms with Gasteiger partial charge in [0.25, 0.3) is 0 Å². The topological polar surface area (TPSA) is 29.5 Å². The van der Waals surface area contributed by atoms with Crippen molar-refractivity contribution in [2.75, 3.05) is 6.61 Å². The molecule has 102 valence electrons. The zero-order valence-electron chi connectivity index (χ0n) is 11.3. The minimum absolute atomic E-state index is 0.312. The van der Waals surface area contributed by atoms with Crippen molar-refractivity contribution < 1.29 is 9.84 Å². The molecule has 0 spiro atoms. The van der Waals surface area contributed by atoms with E-state index in [1.165, 1.54) is 11.1 Å². The van der Waals surface area contributed by atoms with Crippen molar-refractivity contribution in [2.45, 2.75) is 24.9 Å². The zero-order valence-corrected chi connectivity index (χ0v) is 11.3. The van der Waals surface area contributed by atoms with E-state index < -0.39 is 0 Å². The quantitative estimate of drug-likeness (QED) is 0.902. The van der Waals surface area contributed by atoms with Gasteiger partial charge in [-0.2, -0.15) is 0 Å². The Kier molecular flexibility index (Phi) is 2.78. The van der Waals surface area contributed by atoms with Crippen molar-refractivity contribution >= 4 is 0 Å². The molecule has 2 nitrogen and oxygen atoms in total. The Morgan fingerprint density at radius 2 is 1.75 bits per heavy atom. The summed E-state index contributed by atoms with van der Waals surface area (Å²) in [7, 11) is 0. The van der Waals surface area contributed by atoms with E-state index in [1.54, 1.807) is 0 Å². The highest BCUT2D eigenvalue weighted by atomic mass is 16.5. The first-order chi connectivity index (χ1) is 9.83. The standard InChI is InChI=1S/C18H18O2/c19-18-13(9-12-5-1-2-7-16(12)18)10-14-11-20-17-8-4-3-6-15(14)17/h1-8,13-14,18-19H,9-11H2. The van der Waals surface area contributed by atoms with Gasteiger partial charge in [-0.25, -0.2) is 0 Å². The van der Waals surface area contributed by atoms with E-state index in [4.69, 9.17) is 4.74 Å². The number of aliphatic hydroxyl groups excluding tert-OH is 1. The van der Waals surface area contributed by atoms with Gasteiger partial charge in [-0.1, -0.05) is 42.5 Å². The first-order valence-electron chi connectivity index (χ1n) is 7.30. The molecule has 0 fully saturated rings. The Bertz CT molecular complexity index is 635. The third-order valence-corrected chi connectivity index (χ3v) is 4.69. The number of benzene rings is 2. The predicted octanol–water partition coefficient (Wildman–Crippen LogP) is 3.46. The largest absolute Gasteiger partial charge is 0.493 e. The number of ether oxygens (including phenoxy) is 1. The summed E-state index contributed by atoms with van der Waals surface area (Å²) in [5.74, 6) is 1.75. The average Bonchev–Trinajstić information content (AvgIpc) is 3.03. The lowest BCUT2D eigenvalue weighted by atomic mass is 9.87. The Morgan fingerprint density at radius 3 is 2.60 bits per heavy atom. The first-order valence-corrected chi connectivity index (χ1v) is 7.30. The molecule has 20 heavy (non-hydrogen) atoms. The third kappa shape index (κ3) is 1.83. The summed E-state index contributed by atoms with van der Waals surface area (Å²) in [5, 5.41) is 10.5. The molecule has 0 amide bonds. The van der Waals surface area contributed by atoms with Gasteiger partial charge in [-0.05, 0) is 36.0 Å². The van der Waals surface area contributed by atoms with Crippen molar-refractivity contribution in [3.8, 4) is 5.75 Å². The van der Waals surface area contributed by atoms with Crippen LogP contribution in [0.1, 0.15) is 35.1 Å². The highest BCUT2D eigenvalue weighted by molar-refractivity contribution is 5.40. The molecule has 1 heterocycles. The number of fused-ring (bicyclic) bond motifs is 2. The second-order valence-electron chi connectivity index (χ2n) is 5.89. The fourth-order valence-corrected chi connectivity index (χ4v) is 3.66. The van der Waals surface area contributed by atoms with E-state index in [0.29, 0.717) is 11.8 Å². The van der Waals surface area contributed by atoms with Crippen molar-refractivity contribution in [2.24, 2.45) is 5.92 Å². The second-order valence-corrected chi connectivity index (χ2v) is 5.89. The molecule has 0 aromatic heterocycles. The molecule has 0 radical (unpaired) electrons. The summed E-state index contributed by atoms with van der Waals surface area (Å²) in [6.45, 7) is 0.749. The van der Waals surface area contributed by atoms with Gasteiger partial charge in [0.1, 0.15) is 5.75 Å². The van der Waals surface area contributed by atoms with Crippen LogP contribution in [0.4, 0.5) is 0 Å². The van der Waals surface area contributed by atoms with Gasteiger partial charge >= 0.3 is 0 Å². The molecular formula is C18H18O2. The molecule has 0 saturated heterocycles. The van der Waals surface area contributed by atoms with Crippen molar-refractivity contribution in [3.05, 3.63) is 65.2 Å². The highest BCUT2D eigenvalue weighted by Gasteiger charge is 2.35. The minimum atomic E-state index is -0.320. The molecule has 0 saturated carbocycles. The van der Waals surface area contributed by atoms with E-state index in [2.05, 4.69) is 30.3 Å². The molecule has 2 aromatic rings. The summed E-state index contributed by atoms with van der Waals surface area (Å²) >= 11 is 0. The first kappa shape index (κ1) is 12.0. The maximum absolute atomic E-state index is 10.5. The highest BCUT2D eigenvalue weighted by Crippen LogP contribution is 2.44. The van der Waals surface area contributed by atoms with Crippen LogP contribution in [0.5, 0.6) is 5.75 Å². The maximum Gasteiger partial charge on any atom is 0.122 e. The number of hydrogen-bond acceptors (Lipinski definition) is 2. The Balaban J connectivity index is 1.55. The number of hydrogen-bond donors (Lipinski definition) is 1. The van der Waals surface area contributed by atoms with Crippen LogP contribution >= 0.6 is 0 Å². The van der Waals surface area contributed by atoms with Gasteiger partial charge in [0.05, 0.1) is 12.7 Å². The molecule has 0 bridgehead atoms. The molecule has 2 heteroatoms. The molecular weight excluding hydrogens is 248 g/mol. The van der Waals surface area contributed by atoms with Crippen LogP contribution in [0.15, 0.2) is 48.5 Å². The number of rotatable bonds is 2. The Hall–Kier alpha value is -1.80. The van der Waals surface area contributed by atoms with E-state index in [1.807, 2.05) is 18.2 Å². The lowest BCUT2D eigenvalue weighted by molar-refractivity contribution is 0.111. The molecule has 1 aliphatic carbocycles. The maximum atomic E-state index is 10.5. The van der Waals surface area contributed by atoms with Crippen molar-refractivity contribution in [1.82, 2.24) is 0 Å². The van der Waals surface area contributed by atoms with Crippen LogP contribution < -0.4 is 4.74 Å². The summed E-state index contributed by atoms with van der Waals surface area (Å²) in [5.41, 5.74) is 3.72. The lowest BCUT2D eigenvalue weighted by Crippen LogP contribution is -2.13. The fourth-order valence-electron chi connectivity index (χ4n) is 3.66. The van der Waals surface area contributed by atoms with Crippen molar-refractivity contribution in [1.29, 1.82) is 0 Å². The molecule has 2 aromatic carbocycles. The van der Waals surface area contributed by atoms with Crippen LogP contribution in [0, 0.1) is 5.92 Å². The average molecular weight is 266 g/mol. The van der Waals surface area contributed by atoms with Crippen LogP contribution in [0.25, 0.3) is 0 Å². The van der Waals surface area contributed by atoms with Gasteiger partial charge < -0.3 is 9.84 Å². The summed E-state index contributed by atoms with van der Waals surface area (Å²) in [6, 6.07) is 16.5. The van der Waals surface area contributed by atoms with Gasteiger partial charge in [-0.3, -0.25) is 0 Å². The van der Waals surface area contributed by atoms with Crippen LogP contribution in [-0.4, -0.2) is 11.7 Å². The minimum Gasteiger partial charge on any atom is -0.493 e. The van der Waals surface area contributed by atoms with Crippen LogP contribution in [0.3, 0.4) is 0 Å². The molecule has 1 N–H and O–H groups in total. The molecule has 3 unspecified atom stereocenters. The van der Waals surface area contributed by atoms with Crippen molar-refractivity contribution in [3.63, 3.8) is 0 Å². The number of para-hydroxylation sites is 1. The van der Waals surface area contributed by atoms with E-state index in [9.17, 15) is 5.11 Å². The summed E-state index contributed by atoms with van der Waals surface area (Å²) in [6.07, 6.45) is 1.65. The smallest absolute Gasteiger partial charge is 0.122 e. The number of aliphatic hydroxyl groups is 1. The zero-order chi connectivity index (χ0) is 13.5. The molecule has 1 aliphatic heterocycles. The van der Waals surface area contributed by atoms with E-state index in [0.717, 1.165) is 30.8 Å². The Labute approximate surface area is 119 Å². The third-order valence-electron chi connectivity index (χ3n) is 4.69. The summed E-state index contributed by atoms with van der Waals surface area (Å²) < 4.78 is 5.75. The molecule has 2 aliphatic rings. The SMILES string of the molecule is OC1c2ccccc2CC1CC1COc2ccccc21. The van der Waals surface area contributed by atoms with Crippen LogP contribution in [-0.2, 0) is 6.42 Å². The Morgan fingerprint density at radius 1 is 1.00 bits per heavy atom. The van der Waals surface area contributed by atoms with E-state index >= 15 is 0 Å². The molecule has 4 rings (SSSR count). The molecule has 3 atom stereocenters. The van der Waals surface area contributed by atoms with Gasteiger partial charge in [0.2, 0.25) is 0 Å². The fraction of sp³-hybridized carbons (Fsp3) is 0.333. The van der Waals surface area contributed by atoms with Gasteiger partial charge in [-0.15, -0.1) is 0 Å². The predicted molar refractivity (Wildman–Crippen MR) is 77.9 cm³/mol. The summed E-state index contributed by atoms with van der Waals surface area (Å²) in [4.78, 5) is 0. The second kappa shape index (κ2) is 4.64. The van der Waals surface area contributed by atoms with Crippen LogP contribution in [0.2, 0.25) is 0 Å². The normalized spacial score (nSPS) is 26.9. The van der Waals surface area contributed by atoms with E-state index in [-0.39, 0.29) is 6.10 Å².